The van der Waals surface area contributed by atoms with Gasteiger partial charge in [0.05, 0.1) is 12.2 Å². The smallest absolute Gasteiger partial charge is 0.338 e. The van der Waals surface area contributed by atoms with Crippen molar-refractivity contribution < 1.29 is 23.5 Å². The van der Waals surface area contributed by atoms with Crippen molar-refractivity contribution in [2.75, 3.05) is 18.5 Å². The molecule has 0 aliphatic carbocycles. The van der Waals surface area contributed by atoms with Crippen LogP contribution in [-0.4, -0.2) is 25.2 Å². The number of carbonyl (C=O) groups is 2. The average Bonchev–Trinajstić information content (AvgIpc) is 2.81. The molecule has 3 aromatic carbocycles. The second-order valence-corrected chi connectivity index (χ2v) is 6.94. The Morgan fingerprint density at radius 1 is 0.938 bits per heavy atom. The number of rotatable bonds is 9. The van der Waals surface area contributed by atoms with E-state index >= 15 is 0 Å². The second kappa shape index (κ2) is 11.5. The number of anilines is 1. The summed E-state index contributed by atoms with van der Waals surface area (Å²) in [4.78, 5) is 24.0. The molecule has 0 saturated heterocycles. The predicted molar refractivity (Wildman–Crippen MR) is 120 cm³/mol. The fourth-order valence-electron chi connectivity index (χ4n) is 3.03. The highest BCUT2D eigenvalue weighted by molar-refractivity contribution is 5.89. The van der Waals surface area contributed by atoms with Gasteiger partial charge in [0.1, 0.15) is 17.7 Å². The largest absolute Gasteiger partial charge is 0.486 e. The molecule has 7 heteroatoms. The molecule has 0 fully saturated rings. The maximum atomic E-state index is 13.0. The Labute approximate surface area is 186 Å². The van der Waals surface area contributed by atoms with E-state index in [1.165, 1.54) is 24.3 Å². The number of benzene rings is 3. The van der Waals surface area contributed by atoms with Crippen LogP contribution in [0, 0.1) is 5.82 Å². The average molecular weight is 436 g/mol. The molecule has 0 radical (unpaired) electrons. The molecule has 0 aromatic heterocycles. The lowest BCUT2D eigenvalue weighted by Gasteiger charge is -2.20. The lowest BCUT2D eigenvalue weighted by Crippen LogP contribution is -2.30. The van der Waals surface area contributed by atoms with Gasteiger partial charge < -0.3 is 20.1 Å². The summed E-state index contributed by atoms with van der Waals surface area (Å²) in [5, 5.41) is 5.44. The van der Waals surface area contributed by atoms with Gasteiger partial charge in [0.25, 0.3) is 0 Å². The van der Waals surface area contributed by atoms with Crippen molar-refractivity contribution in [1.29, 1.82) is 0 Å². The number of urea groups is 1. The Kier molecular flexibility index (Phi) is 8.20. The van der Waals surface area contributed by atoms with E-state index < -0.39 is 0 Å². The number of nitrogens with one attached hydrogen (secondary N) is 2. The molecule has 166 valence electrons. The maximum Gasteiger partial charge on any atom is 0.338 e. The summed E-state index contributed by atoms with van der Waals surface area (Å²) < 4.78 is 24.1. The first-order valence-corrected chi connectivity index (χ1v) is 10.3. The molecule has 1 atom stereocenters. The van der Waals surface area contributed by atoms with Crippen LogP contribution in [0.5, 0.6) is 5.75 Å². The van der Waals surface area contributed by atoms with Gasteiger partial charge in [0.2, 0.25) is 0 Å². The number of amides is 2. The Hall–Kier alpha value is -3.87. The maximum absolute atomic E-state index is 13.0. The SMILES string of the molecule is CCOC(=O)c1ccc(OC(CCNC(=O)Nc2ccc(F)cc2)c2ccccc2)cc1. The van der Waals surface area contributed by atoms with E-state index in [1.54, 1.807) is 31.2 Å². The first-order chi connectivity index (χ1) is 15.5. The highest BCUT2D eigenvalue weighted by Gasteiger charge is 2.15. The lowest BCUT2D eigenvalue weighted by atomic mass is 10.1. The second-order valence-electron chi connectivity index (χ2n) is 6.94. The van der Waals surface area contributed by atoms with E-state index in [0.29, 0.717) is 36.6 Å². The van der Waals surface area contributed by atoms with Gasteiger partial charge in [0, 0.05) is 18.7 Å². The zero-order valence-electron chi connectivity index (χ0n) is 17.7. The topological polar surface area (TPSA) is 76.7 Å². The van der Waals surface area contributed by atoms with Gasteiger partial charge in [-0.2, -0.15) is 0 Å². The zero-order valence-corrected chi connectivity index (χ0v) is 17.7. The van der Waals surface area contributed by atoms with Crippen LogP contribution in [0.25, 0.3) is 0 Å². The highest BCUT2D eigenvalue weighted by atomic mass is 19.1. The normalized spacial score (nSPS) is 11.3. The van der Waals surface area contributed by atoms with E-state index in [2.05, 4.69) is 10.6 Å². The summed E-state index contributed by atoms with van der Waals surface area (Å²) >= 11 is 0. The number of hydrogen-bond donors (Lipinski definition) is 2. The number of carbonyl (C=O) groups excluding carboxylic acids is 2. The van der Waals surface area contributed by atoms with Crippen LogP contribution in [0.3, 0.4) is 0 Å². The van der Waals surface area contributed by atoms with E-state index in [0.717, 1.165) is 5.56 Å². The van der Waals surface area contributed by atoms with Gasteiger partial charge in [0.15, 0.2) is 0 Å². The molecule has 0 heterocycles. The summed E-state index contributed by atoms with van der Waals surface area (Å²) in [5.74, 6) is -0.146. The van der Waals surface area contributed by atoms with Crippen LogP contribution < -0.4 is 15.4 Å². The van der Waals surface area contributed by atoms with Crippen molar-refractivity contribution in [1.82, 2.24) is 5.32 Å². The fraction of sp³-hybridized carbons (Fsp3) is 0.200. The van der Waals surface area contributed by atoms with E-state index in [-0.39, 0.29) is 23.9 Å². The van der Waals surface area contributed by atoms with Crippen LogP contribution in [0.1, 0.15) is 35.4 Å². The van der Waals surface area contributed by atoms with Gasteiger partial charge in [-0.05, 0) is 61.0 Å². The first kappa shape index (κ1) is 22.8. The standard InChI is InChI=1S/C25H25FN2O4/c1-2-31-24(29)19-8-14-22(15-9-19)32-23(18-6-4-3-5-7-18)16-17-27-25(30)28-21-12-10-20(26)11-13-21/h3-15,23H,2,16-17H2,1H3,(H2,27,28,30). The van der Waals surface area contributed by atoms with E-state index in [9.17, 15) is 14.0 Å². The minimum atomic E-state index is -0.387. The highest BCUT2D eigenvalue weighted by Crippen LogP contribution is 2.25. The van der Waals surface area contributed by atoms with E-state index in [4.69, 9.17) is 9.47 Å². The predicted octanol–water partition coefficient (Wildman–Crippen LogP) is 5.33. The Morgan fingerprint density at radius 3 is 2.28 bits per heavy atom. The monoisotopic (exact) mass is 436 g/mol. The third kappa shape index (κ3) is 6.84. The number of halogens is 1. The van der Waals surface area contributed by atoms with Crippen molar-refractivity contribution in [2.24, 2.45) is 0 Å². The van der Waals surface area contributed by atoms with Crippen LogP contribution in [0.2, 0.25) is 0 Å². The van der Waals surface area contributed by atoms with Gasteiger partial charge in [-0.15, -0.1) is 0 Å². The molecule has 0 aliphatic heterocycles. The number of esters is 1. The Bertz CT molecular complexity index is 1010. The summed E-state index contributed by atoms with van der Waals surface area (Å²) in [6.45, 7) is 2.43. The molecule has 0 saturated carbocycles. The van der Waals surface area contributed by atoms with E-state index in [1.807, 2.05) is 30.3 Å². The molecule has 0 bridgehead atoms. The van der Waals surface area contributed by atoms with Gasteiger partial charge in [-0.1, -0.05) is 30.3 Å². The fourth-order valence-corrected chi connectivity index (χ4v) is 3.03. The lowest BCUT2D eigenvalue weighted by molar-refractivity contribution is 0.0526. The summed E-state index contributed by atoms with van der Waals surface area (Å²) in [5.41, 5.74) is 1.92. The molecule has 6 nitrogen and oxygen atoms in total. The third-order valence-corrected chi connectivity index (χ3v) is 4.61. The van der Waals surface area contributed by atoms with Crippen LogP contribution >= 0.6 is 0 Å². The molecule has 1 unspecified atom stereocenters. The number of ether oxygens (including phenoxy) is 2. The molecule has 3 rings (SSSR count). The summed E-state index contributed by atoms with van der Waals surface area (Å²) in [6, 6.07) is 21.6. The van der Waals surface area contributed by atoms with Gasteiger partial charge >= 0.3 is 12.0 Å². The molecular weight excluding hydrogens is 411 g/mol. The van der Waals surface area contributed by atoms with Crippen molar-refractivity contribution in [2.45, 2.75) is 19.4 Å². The minimum Gasteiger partial charge on any atom is -0.486 e. The molecule has 0 spiro atoms. The quantitative estimate of drug-likeness (QED) is 0.444. The molecule has 32 heavy (non-hydrogen) atoms. The third-order valence-electron chi connectivity index (χ3n) is 4.61. The van der Waals surface area contributed by atoms with Crippen molar-refractivity contribution in [3.63, 3.8) is 0 Å². The van der Waals surface area contributed by atoms with Crippen molar-refractivity contribution in [3.8, 4) is 5.75 Å². The summed E-state index contributed by atoms with van der Waals surface area (Å²) in [7, 11) is 0. The van der Waals surface area contributed by atoms with Crippen LogP contribution in [0.15, 0.2) is 78.9 Å². The molecule has 2 amide bonds. The van der Waals surface area contributed by atoms with Gasteiger partial charge in [-0.3, -0.25) is 0 Å². The zero-order chi connectivity index (χ0) is 22.8. The Balaban J connectivity index is 1.59. The molecule has 0 aliphatic rings. The molecule has 3 aromatic rings. The first-order valence-electron chi connectivity index (χ1n) is 10.3. The van der Waals surface area contributed by atoms with Crippen LogP contribution in [0.4, 0.5) is 14.9 Å². The molecule has 2 N–H and O–H groups in total. The van der Waals surface area contributed by atoms with Gasteiger partial charge in [-0.25, -0.2) is 14.0 Å². The summed E-state index contributed by atoms with van der Waals surface area (Å²) in [6.07, 6.45) is 0.205. The van der Waals surface area contributed by atoms with Crippen LogP contribution in [-0.2, 0) is 4.74 Å². The van der Waals surface area contributed by atoms with Crippen molar-refractivity contribution >= 4 is 17.7 Å². The van der Waals surface area contributed by atoms with Crippen molar-refractivity contribution in [3.05, 3.63) is 95.8 Å². The molecular formula is C25H25FN2O4. The Morgan fingerprint density at radius 2 is 1.62 bits per heavy atom. The number of hydrogen-bond acceptors (Lipinski definition) is 4. The minimum absolute atomic E-state index is 0.309.